The van der Waals surface area contributed by atoms with Gasteiger partial charge in [-0.15, -0.1) is 0 Å². The molecule has 1 N–H and O–H groups in total. The lowest BCUT2D eigenvalue weighted by atomic mass is 10.3. The highest BCUT2D eigenvalue weighted by Gasteiger charge is 2.17. The summed E-state index contributed by atoms with van der Waals surface area (Å²) in [7, 11) is 0. The lowest BCUT2D eigenvalue weighted by Crippen LogP contribution is -2.46. The minimum absolute atomic E-state index is 0.258. The molecule has 2 heterocycles. The number of piperazine rings is 1. The van der Waals surface area contributed by atoms with Crippen molar-refractivity contribution in [3.8, 4) is 0 Å². The van der Waals surface area contributed by atoms with Crippen LogP contribution >= 0.6 is 11.5 Å². The molecule has 1 fully saturated rings. The quantitative estimate of drug-likeness (QED) is 0.763. The Bertz CT molecular complexity index is 272. The van der Waals surface area contributed by atoms with E-state index in [4.69, 9.17) is 5.11 Å². The van der Waals surface area contributed by atoms with E-state index in [0.29, 0.717) is 0 Å². The molecule has 84 valence electrons. The van der Waals surface area contributed by atoms with E-state index in [1.54, 1.807) is 5.51 Å². The van der Waals surface area contributed by atoms with Crippen LogP contribution in [0.5, 0.6) is 0 Å². The third-order valence-electron chi connectivity index (χ3n) is 2.65. The fraction of sp³-hybridized carbons (Fsp3) is 0.778. The van der Waals surface area contributed by atoms with Crippen molar-refractivity contribution in [2.24, 2.45) is 0 Å². The number of aliphatic hydroxyl groups excluding tert-OH is 1. The third-order valence-corrected chi connectivity index (χ3v) is 3.17. The van der Waals surface area contributed by atoms with Crippen LogP contribution in [0, 0.1) is 0 Å². The predicted molar refractivity (Wildman–Crippen MR) is 58.7 cm³/mol. The molecule has 5 nitrogen and oxygen atoms in total. The largest absolute Gasteiger partial charge is 0.395 e. The number of rotatable bonds is 4. The highest BCUT2D eigenvalue weighted by Crippen LogP contribution is 2.05. The van der Waals surface area contributed by atoms with E-state index in [9.17, 15) is 0 Å². The molecular formula is C9H16N4OS. The molecule has 2 rings (SSSR count). The number of hydrogen-bond donors (Lipinski definition) is 1. The van der Waals surface area contributed by atoms with E-state index in [1.165, 1.54) is 11.5 Å². The zero-order valence-corrected chi connectivity index (χ0v) is 9.49. The van der Waals surface area contributed by atoms with Gasteiger partial charge in [0, 0.05) is 32.7 Å². The van der Waals surface area contributed by atoms with Gasteiger partial charge in [-0.25, -0.2) is 4.98 Å². The molecular weight excluding hydrogens is 212 g/mol. The zero-order chi connectivity index (χ0) is 10.5. The maximum Gasteiger partial charge on any atom is 0.156 e. The predicted octanol–water partition coefficient (Wildman–Crippen LogP) is -0.352. The van der Waals surface area contributed by atoms with Crippen LogP contribution in [0.25, 0.3) is 0 Å². The molecule has 1 aliphatic rings. The second kappa shape index (κ2) is 5.50. The molecule has 1 aliphatic heterocycles. The standard InChI is InChI=1S/C9H16N4OS/c14-6-5-12-1-3-13(4-2-12)7-9-10-8-15-11-9/h8,14H,1-7H2. The molecule has 0 bridgehead atoms. The molecule has 0 atom stereocenters. The summed E-state index contributed by atoms with van der Waals surface area (Å²) in [6.45, 7) is 6.06. The highest BCUT2D eigenvalue weighted by molar-refractivity contribution is 7.03. The van der Waals surface area contributed by atoms with Gasteiger partial charge in [0.2, 0.25) is 0 Å². The average Bonchev–Trinajstić information content (AvgIpc) is 2.74. The Labute approximate surface area is 93.5 Å². The van der Waals surface area contributed by atoms with E-state index >= 15 is 0 Å². The lowest BCUT2D eigenvalue weighted by Gasteiger charge is -2.33. The van der Waals surface area contributed by atoms with Crippen LogP contribution in [0.1, 0.15) is 5.82 Å². The van der Waals surface area contributed by atoms with E-state index in [1.807, 2.05) is 0 Å². The van der Waals surface area contributed by atoms with Gasteiger partial charge in [0.25, 0.3) is 0 Å². The zero-order valence-electron chi connectivity index (χ0n) is 8.67. The number of aliphatic hydroxyl groups is 1. The van der Waals surface area contributed by atoms with Crippen molar-refractivity contribution in [1.29, 1.82) is 0 Å². The molecule has 0 amide bonds. The molecule has 0 spiro atoms. The Hall–Kier alpha value is -0.560. The summed E-state index contributed by atoms with van der Waals surface area (Å²) in [5, 5.41) is 8.82. The summed E-state index contributed by atoms with van der Waals surface area (Å²) in [6.07, 6.45) is 0. The molecule has 1 aromatic heterocycles. The van der Waals surface area contributed by atoms with Crippen molar-refractivity contribution in [3.63, 3.8) is 0 Å². The Morgan fingerprint density at radius 2 is 2.00 bits per heavy atom. The number of hydrogen-bond acceptors (Lipinski definition) is 6. The minimum atomic E-state index is 0.258. The first kappa shape index (κ1) is 10.9. The maximum absolute atomic E-state index is 8.82. The topological polar surface area (TPSA) is 52.5 Å². The Balaban J connectivity index is 1.74. The van der Waals surface area contributed by atoms with Crippen molar-refractivity contribution < 1.29 is 5.11 Å². The second-order valence-corrected chi connectivity index (χ2v) is 4.29. The summed E-state index contributed by atoms with van der Waals surface area (Å²) in [5.41, 5.74) is 1.78. The van der Waals surface area contributed by atoms with E-state index in [2.05, 4.69) is 19.2 Å². The number of nitrogens with zero attached hydrogens (tertiary/aromatic N) is 4. The van der Waals surface area contributed by atoms with E-state index in [-0.39, 0.29) is 6.61 Å². The fourth-order valence-electron chi connectivity index (χ4n) is 1.77. The first-order valence-electron chi connectivity index (χ1n) is 5.19. The average molecular weight is 228 g/mol. The monoisotopic (exact) mass is 228 g/mol. The molecule has 0 saturated carbocycles. The lowest BCUT2D eigenvalue weighted by molar-refractivity contribution is 0.107. The van der Waals surface area contributed by atoms with E-state index in [0.717, 1.165) is 45.1 Å². The van der Waals surface area contributed by atoms with Crippen molar-refractivity contribution in [2.45, 2.75) is 6.54 Å². The molecule has 0 radical (unpaired) electrons. The molecule has 1 aromatic rings. The van der Waals surface area contributed by atoms with E-state index < -0.39 is 0 Å². The van der Waals surface area contributed by atoms with Gasteiger partial charge in [-0.3, -0.25) is 9.80 Å². The van der Waals surface area contributed by atoms with Crippen LogP contribution in [0.4, 0.5) is 0 Å². The summed E-state index contributed by atoms with van der Waals surface area (Å²) in [4.78, 5) is 8.82. The van der Waals surface area contributed by atoms with Gasteiger partial charge in [-0.2, -0.15) is 4.37 Å². The van der Waals surface area contributed by atoms with Crippen molar-refractivity contribution in [2.75, 3.05) is 39.3 Å². The third kappa shape index (κ3) is 3.20. The maximum atomic E-state index is 8.82. The highest BCUT2D eigenvalue weighted by atomic mass is 32.1. The first-order valence-corrected chi connectivity index (χ1v) is 6.03. The molecule has 0 unspecified atom stereocenters. The molecule has 0 aliphatic carbocycles. The molecule has 1 saturated heterocycles. The normalized spacial score (nSPS) is 19.5. The van der Waals surface area contributed by atoms with Crippen LogP contribution in [0.2, 0.25) is 0 Å². The van der Waals surface area contributed by atoms with Crippen LogP contribution in [0.3, 0.4) is 0 Å². The van der Waals surface area contributed by atoms with Gasteiger partial charge in [0.15, 0.2) is 5.82 Å². The Morgan fingerprint density at radius 3 is 2.60 bits per heavy atom. The van der Waals surface area contributed by atoms with Gasteiger partial charge in [-0.05, 0) is 11.5 Å². The summed E-state index contributed by atoms with van der Waals surface area (Å²) < 4.78 is 4.20. The second-order valence-electron chi connectivity index (χ2n) is 3.69. The van der Waals surface area contributed by atoms with Crippen LogP contribution < -0.4 is 0 Å². The Morgan fingerprint density at radius 1 is 1.27 bits per heavy atom. The number of aromatic nitrogens is 2. The van der Waals surface area contributed by atoms with Crippen LogP contribution in [-0.4, -0.2) is 63.6 Å². The first-order chi connectivity index (χ1) is 7.38. The fourth-order valence-corrected chi connectivity index (χ4v) is 2.22. The van der Waals surface area contributed by atoms with Gasteiger partial charge in [-0.1, -0.05) is 0 Å². The van der Waals surface area contributed by atoms with Gasteiger partial charge < -0.3 is 5.11 Å². The minimum Gasteiger partial charge on any atom is -0.395 e. The molecule has 6 heteroatoms. The summed E-state index contributed by atoms with van der Waals surface area (Å²) >= 11 is 1.41. The van der Waals surface area contributed by atoms with Gasteiger partial charge in [0.05, 0.1) is 13.2 Å². The smallest absolute Gasteiger partial charge is 0.156 e. The van der Waals surface area contributed by atoms with Crippen molar-refractivity contribution >= 4 is 11.5 Å². The molecule has 15 heavy (non-hydrogen) atoms. The van der Waals surface area contributed by atoms with Gasteiger partial charge in [0.1, 0.15) is 5.51 Å². The van der Waals surface area contributed by atoms with Gasteiger partial charge >= 0.3 is 0 Å². The summed E-state index contributed by atoms with van der Waals surface area (Å²) in [5.74, 6) is 0.926. The summed E-state index contributed by atoms with van der Waals surface area (Å²) in [6, 6.07) is 0. The van der Waals surface area contributed by atoms with Crippen LogP contribution in [-0.2, 0) is 6.54 Å². The Kier molecular flexibility index (Phi) is 4.01. The molecule has 0 aromatic carbocycles. The van der Waals surface area contributed by atoms with Crippen molar-refractivity contribution in [3.05, 3.63) is 11.3 Å². The van der Waals surface area contributed by atoms with Crippen molar-refractivity contribution in [1.82, 2.24) is 19.2 Å². The SMILES string of the molecule is OCCN1CCN(Cc2ncsn2)CC1. The van der Waals surface area contributed by atoms with Crippen LogP contribution in [0.15, 0.2) is 5.51 Å². The number of β-amino-alcohol motifs (C(OH)–C–C–N with tert-alkyl or cyclic N) is 1.